The maximum atomic E-state index is 13.5. The summed E-state index contributed by atoms with van der Waals surface area (Å²) in [4.78, 5) is 36.3. The number of para-hydroxylation sites is 1. The van der Waals surface area contributed by atoms with Gasteiger partial charge < -0.3 is 20.1 Å². The highest BCUT2D eigenvalue weighted by molar-refractivity contribution is 6.35. The molecule has 0 radical (unpaired) electrons. The second kappa shape index (κ2) is 11.7. The highest BCUT2D eigenvalue weighted by Crippen LogP contribution is 2.26. The number of piperidine rings is 2. The molecule has 0 spiro atoms. The molecule has 2 fully saturated rings. The number of carbonyl (C=O) groups is 2. The van der Waals surface area contributed by atoms with Crippen LogP contribution in [0.4, 0.5) is 5.69 Å². The molecule has 0 atom stereocenters. The van der Waals surface area contributed by atoms with Crippen LogP contribution in [0.1, 0.15) is 36.0 Å². The van der Waals surface area contributed by atoms with E-state index in [0.29, 0.717) is 34.8 Å². The van der Waals surface area contributed by atoms with Crippen LogP contribution in [0.2, 0.25) is 5.02 Å². The fourth-order valence-corrected chi connectivity index (χ4v) is 5.83. The summed E-state index contributed by atoms with van der Waals surface area (Å²) in [5, 5.41) is 4.59. The van der Waals surface area contributed by atoms with Gasteiger partial charge in [0.1, 0.15) is 6.54 Å². The molecule has 0 bridgehead atoms. The average molecular weight is 522 g/mol. The van der Waals surface area contributed by atoms with Crippen molar-refractivity contribution in [2.24, 2.45) is 5.92 Å². The van der Waals surface area contributed by atoms with Gasteiger partial charge in [-0.3, -0.25) is 14.5 Å². The van der Waals surface area contributed by atoms with Crippen LogP contribution in [0.3, 0.4) is 0 Å². The first-order chi connectivity index (χ1) is 18.0. The van der Waals surface area contributed by atoms with Gasteiger partial charge in [0.25, 0.3) is 5.91 Å². The molecule has 2 aliphatic heterocycles. The molecule has 0 aliphatic carbocycles. The van der Waals surface area contributed by atoms with Crippen molar-refractivity contribution in [2.75, 3.05) is 51.2 Å². The number of aromatic nitrogens is 1. The summed E-state index contributed by atoms with van der Waals surface area (Å²) in [6.07, 6.45) is 6.43. The van der Waals surface area contributed by atoms with Crippen molar-refractivity contribution in [2.45, 2.75) is 31.7 Å². The van der Waals surface area contributed by atoms with Crippen LogP contribution in [0.25, 0.3) is 10.9 Å². The molecule has 0 saturated carbocycles. The third-order valence-electron chi connectivity index (χ3n) is 7.93. The summed E-state index contributed by atoms with van der Waals surface area (Å²) in [6, 6.07) is 15.4. The van der Waals surface area contributed by atoms with Gasteiger partial charge in [-0.1, -0.05) is 35.9 Å². The number of nitrogens with zero attached hydrogens (tertiary/aromatic N) is 3. The van der Waals surface area contributed by atoms with Crippen LogP contribution in [0.5, 0.6) is 0 Å². The Hall–Kier alpha value is -2.87. The number of hydrogen-bond acceptors (Lipinski definition) is 4. The van der Waals surface area contributed by atoms with E-state index in [-0.39, 0.29) is 18.4 Å². The summed E-state index contributed by atoms with van der Waals surface area (Å²) < 4.78 is 0. The number of likely N-dealkylation sites (tertiary alicyclic amines) is 2. The Morgan fingerprint density at radius 2 is 1.76 bits per heavy atom. The second-order valence-corrected chi connectivity index (χ2v) is 10.8. The van der Waals surface area contributed by atoms with Crippen molar-refractivity contribution in [1.82, 2.24) is 20.1 Å². The van der Waals surface area contributed by atoms with Crippen molar-refractivity contribution in [1.29, 1.82) is 0 Å². The van der Waals surface area contributed by atoms with E-state index in [9.17, 15) is 9.59 Å². The van der Waals surface area contributed by atoms with Gasteiger partial charge in [0, 0.05) is 40.9 Å². The lowest BCUT2D eigenvalue weighted by Crippen LogP contribution is -2.48. The minimum absolute atomic E-state index is 0.0270. The molecule has 0 unspecified atom stereocenters. The molecule has 3 aromatic rings. The summed E-state index contributed by atoms with van der Waals surface area (Å²) in [5.74, 6) is 0.117. The fraction of sp³-hybridized carbons (Fsp3) is 0.448. The van der Waals surface area contributed by atoms with Gasteiger partial charge in [-0.25, -0.2) is 0 Å². The quantitative estimate of drug-likeness (QED) is 0.483. The highest BCUT2D eigenvalue weighted by atomic mass is 35.5. The molecule has 37 heavy (non-hydrogen) atoms. The zero-order chi connectivity index (χ0) is 25.8. The molecule has 2 saturated heterocycles. The number of H-pyrrole nitrogens is 1. The number of anilines is 1. The largest absolute Gasteiger partial charge is 0.360 e. The summed E-state index contributed by atoms with van der Waals surface area (Å²) in [7, 11) is 2.20. The van der Waals surface area contributed by atoms with Gasteiger partial charge in [-0.2, -0.15) is 0 Å². The SMILES string of the molecule is CN1CCC(N2CCC(CNC(=O)CN(C(=O)c3ccc4c(Cl)c[nH]c4c3)c3ccccc3)CC2)CC1. The third kappa shape index (κ3) is 6.17. The standard InChI is InChI=1S/C29H36ClN5O2/c1-33-13-11-23(12-14-33)34-15-9-21(10-16-34)18-32-28(36)20-35(24-5-3-2-4-6-24)29(37)22-7-8-25-26(30)19-31-27(25)17-22/h2-8,17,19,21,23,31H,9-16,18,20H2,1H3,(H,32,36). The number of aromatic amines is 1. The first-order valence-corrected chi connectivity index (χ1v) is 13.7. The van der Waals surface area contributed by atoms with Crippen LogP contribution in [-0.2, 0) is 4.79 Å². The van der Waals surface area contributed by atoms with E-state index in [1.54, 1.807) is 23.2 Å². The molecule has 1 aromatic heterocycles. The predicted molar refractivity (Wildman–Crippen MR) is 149 cm³/mol. The normalized spacial score (nSPS) is 18.2. The molecule has 2 amide bonds. The molecular weight excluding hydrogens is 486 g/mol. The van der Waals surface area contributed by atoms with Crippen LogP contribution in [0.15, 0.2) is 54.7 Å². The van der Waals surface area contributed by atoms with E-state index in [4.69, 9.17) is 11.6 Å². The summed E-state index contributed by atoms with van der Waals surface area (Å²) >= 11 is 6.20. The lowest BCUT2D eigenvalue weighted by atomic mass is 9.93. The van der Waals surface area contributed by atoms with Gasteiger partial charge in [0.15, 0.2) is 0 Å². The maximum Gasteiger partial charge on any atom is 0.258 e. The molecule has 2 aliphatic rings. The predicted octanol–water partition coefficient (Wildman–Crippen LogP) is 4.39. The minimum atomic E-state index is -0.222. The Morgan fingerprint density at radius 1 is 1.03 bits per heavy atom. The van der Waals surface area contributed by atoms with Crippen LogP contribution in [0, 0.1) is 5.92 Å². The van der Waals surface area contributed by atoms with Gasteiger partial charge in [0.2, 0.25) is 5.91 Å². The molecular formula is C29H36ClN5O2. The van der Waals surface area contributed by atoms with E-state index in [1.165, 1.54) is 25.9 Å². The minimum Gasteiger partial charge on any atom is -0.360 e. The Kier molecular flexibility index (Phi) is 8.13. The highest BCUT2D eigenvalue weighted by Gasteiger charge is 2.28. The van der Waals surface area contributed by atoms with Gasteiger partial charge in [-0.15, -0.1) is 0 Å². The lowest BCUT2D eigenvalue weighted by Gasteiger charge is -2.41. The first kappa shape index (κ1) is 25.8. The molecule has 8 heteroatoms. The van der Waals surface area contributed by atoms with Crippen molar-refractivity contribution in [3.05, 3.63) is 65.3 Å². The van der Waals surface area contributed by atoms with E-state index in [2.05, 4.69) is 27.1 Å². The number of benzene rings is 2. The van der Waals surface area contributed by atoms with E-state index < -0.39 is 0 Å². The van der Waals surface area contributed by atoms with Crippen LogP contribution >= 0.6 is 11.6 Å². The van der Waals surface area contributed by atoms with E-state index in [1.807, 2.05) is 36.4 Å². The van der Waals surface area contributed by atoms with Gasteiger partial charge >= 0.3 is 0 Å². The third-order valence-corrected chi connectivity index (χ3v) is 8.25. The van der Waals surface area contributed by atoms with Gasteiger partial charge in [-0.05, 0) is 89.1 Å². The molecule has 196 valence electrons. The van der Waals surface area contributed by atoms with Crippen LogP contribution in [-0.4, -0.2) is 79.0 Å². The summed E-state index contributed by atoms with van der Waals surface area (Å²) in [5.41, 5.74) is 1.99. The van der Waals surface area contributed by atoms with Crippen molar-refractivity contribution in [3.63, 3.8) is 0 Å². The van der Waals surface area contributed by atoms with Gasteiger partial charge in [0.05, 0.1) is 5.02 Å². The smallest absolute Gasteiger partial charge is 0.258 e. The first-order valence-electron chi connectivity index (χ1n) is 13.3. The Balaban J connectivity index is 1.18. The molecule has 5 rings (SSSR count). The number of halogens is 1. The van der Waals surface area contributed by atoms with Crippen molar-refractivity contribution < 1.29 is 9.59 Å². The maximum absolute atomic E-state index is 13.5. The van der Waals surface area contributed by atoms with Crippen molar-refractivity contribution in [3.8, 4) is 0 Å². The molecule has 3 heterocycles. The molecule has 2 N–H and O–H groups in total. The van der Waals surface area contributed by atoms with Crippen LogP contribution < -0.4 is 10.2 Å². The monoisotopic (exact) mass is 521 g/mol. The zero-order valence-corrected chi connectivity index (χ0v) is 22.2. The van der Waals surface area contributed by atoms with E-state index in [0.717, 1.165) is 36.8 Å². The number of rotatable bonds is 7. The van der Waals surface area contributed by atoms with E-state index >= 15 is 0 Å². The summed E-state index contributed by atoms with van der Waals surface area (Å²) in [6.45, 7) is 5.21. The number of carbonyl (C=O) groups excluding carboxylic acids is 2. The molecule has 7 nitrogen and oxygen atoms in total. The Labute approximate surface area is 223 Å². The number of hydrogen-bond donors (Lipinski definition) is 2. The number of amides is 2. The Morgan fingerprint density at radius 3 is 2.49 bits per heavy atom. The topological polar surface area (TPSA) is 71.7 Å². The lowest BCUT2D eigenvalue weighted by molar-refractivity contribution is -0.120. The second-order valence-electron chi connectivity index (χ2n) is 10.4. The zero-order valence-electron chi connectivity index (χ0n) is 21.5. The fourth-order valence-electron chi connectivity index (χ4n) is 5.61. The Bertz CT molecular complexity index is 1210. The van der Waals surface area contributed by atoms with Crippen molar-refractivity contribution >= 4 is 40.0 Å². The number of fused-ring (bicyclic) bond motifs is 1. The average Bonchev–Trinajstić information content (AvgIpc) is 3.31. The number of nitrogens with one attached hydrogen (secondary N) is 2. The molecule has 2 aromatic carbocycles.